The van der Waals surface area contributed by atoms with Gasteiger partial charge in [-0.15, -0.1) is 0 Å². The van der Waals surface area contributed by atoms with Gasteiger partial charge in [0.25, 0.3) is 0 Å². The normalized spacial score (nSPS) is 22.2. The Morgan fingerprint density at radius 1 is 1.29 bits per heavy atom. The molecule has 0 saturated carbocycles. The molecule has 0 saturated heterocycles. The summed E-state index contributed by atoms with van der Waals surface area (Å²) in [4.78, 5) is 12.4. The molecule has 4 nitrogen and oxygen atoms in total. The monoisotopic (exact) mass is 322 g/mol. The molecule has 0 amide bonds. The second kappa shape index (κ2) is 7.32. The van der Waals surface area contributed by atoms with Crippen LogP contribution < -0.4 is 0 Å². The van der Waals surface area contributed by atoms with Crippen molar-refractivity contribution in [2.45, 2.75) is 33.1 Å². The number of benzene rings is 1. The standard InChI is InChI=1S/C20H22N2O2/c1-4-24-19(23)16-10-11-17(15-8-6-5-7-9-15)20(12-21,13-22)18(16)14(2)3/h5-10,14,17-18H,4,11H2,1-3H3. The summed E-state index contributed by atoms with van der Waals surface area (Å²) in [7, 11) is 0. The number of rotatable bonds is 4. The van der Waals surface area contributed by atoms with Crippen LogP contribution in [0.25, 0.3) is 0 Å². The minimum atomic E-state index is -1.29. The molecule has 4 heteroatoms. The summed E-state index contributed by atoms with van der Waals surface area (Å²) in [5, 5.41) is 19.9. The summed E-state index contributed by atoms with van der Waals surface area (Å²) in [5.41, 5.74) is 0.124. The fourth-order valence-electron chi connectivity index (χ4n) is 3.73. The van der Waals surface area contributed by atoms with Gasteiger partial charge in [0.05, 0.1) is 18.7 Å². The quantitative estimate of drug-likeness (QED) is 0.786. The second-order valence-corrected chi connectivity index (χ2v) is 6.39. The van der Waals surface area contributed by atoms with Gasteiger partial charge in [-0.1, -0.05) is 50.3 Å². The maximum absolute atomic E-state index is 12.4. The number of hydrogen-bond donors (Lipinski definition) is 0. The summed E-state index contributed by atoms with van der Waals surface area (Å²) in [6, 6.07) is 14.1. The van der Waals surface area contributed by atoms with Crippen LogP contribution in [-0.4, -0.2) is 12.6 Å². The zero-order valence-electron chi connectivity index (χ0n) is 14.3. The summed E-state index contributed by atoms with van der Waals surface area (Å²) in [6.07, 6.45) is 2.33. The van der Waals surface area contributed by atoms with Crippen LogP contribution in [0.1, 0.15) is 38.7 Å². The highest BCUT2D eigenvalue weighted by Crippen LogP contribution is 2.52. The number of carbonyl (C=O) groups excluding carboxylic acids is 1. The molecule has 0 aromatic heterocycles. The first-order valence-electron chi connectivity index (χ1n) is 8.26. The number of nitrogens with zero attached hydrogens (tertiary/aromatic N) is 2. The largest absolute Gasteiger partial charge is 0.463 e. The maximum atomic E-state index is 12.4. The number of nitriles is 2. The van der Waals surface area contributed by atoms with Crippen molar-refractivity contribution >= 4 is 5.97 Å². The molecule has 0 heterocycles. The molecule has 0 N–H and O–H groups in total. The Morgan fingerprint density at radius 3 is 2.42 bits per heavy atom. The zero-order chi connectivity index (χ0) is 17.7. The predicted octanol–water partition coefficient (Wildman–Crippen LogP) is 3.97. The minimum absolute atomic E-state index is 0.0357. The molecule has 0 aliphatic heterocycles. The Bertz CT molecular complexity index is 693. The average molecular weight is 322 g/mol. The maximum Gasteiger partial charge on any atom is 0.334 e. The molecular formula is C20H22N2O2. The molecule has 1 aromatic rings. The van der Waals surface area contributed by atoms with Crippen molar-refractivity contribution in [2.24, 2.45) is 17.3 Å². The number of hydrogen-bond acceptors (Lipinski definition) is 4. The van der Waals surface area contributed by atoms with Gasteiger partial charge in [-0.25, -0.2) is 4.79 Å². The lowest BCUT2D eigenvalue weighted by Gasteiger charge is -2.42. The number of ether oxygens (including phenoxy) is 1. The molecule has 0 spiro atoms. The fourth-order valence-corrected chi connectivity index (χ4v) is 3.73. The number of esters is 1. The van der Waals surface area contributed by atoms with Gasteiger partial charge >= 0.3 is 5.97 Å². The first-order valence-corrected chi connectivity index (χ1v) is 8.26. The van der Waals surface area contributed by atoms with E-state index in [0.29, 0.717) is 12.0 Å². The van der Waals surface area contributed by atoms with Crippen LogP contribution in [0.4, 0.5) is 0 Å². The lowest BCUT2D eigenvalue weighted by Crippen LogP contribution is -2.42. The molecular weight excluding hydrogens is 300 g/mol. The summed E-state index contributed by atoms with van der Waals surface area (Å²) in [5.74, 6) is -1.20. The third-order valence-electron chi connectivity index (χ3n) is 4.70. The lowest BCUT2D eigenvalue weighted by atomic mass is 9.56. The van der Waals surface area contributed by atoms with Gasteiger partial charge in [0.15, 0.2) is 5.41 Å². The van der Waals surface area contributed by atoms with Crippen molar-refractivity contribution in [3.05, 3.63) is 47.5 Å². The van der Waals surface area contributed by atoms with E-state index in [1.807, 2.05) is 50.3 Å². The van der Waals surface area contributed by atoms with Crippen LogP contribution in [0.3, 0.4) is 0 Å². The van der Waals surface area contributed by atoms with Crippen molar-refractivity contribution in [2.75, 3.05) is 6.61 Å². The molecule has 0 radical (unpaired) electrons. The average Bonchev–Trinajstić information content (AvgIpc) is 2.61. The Balaban J connectivity index is 2.61. The highest BCUT2D eigenvalue weighted by atomic mass is 16.5. The molecule has 24 heavy (non-hydrogen) atoms. The van der Waals surface area contributed by atoms with Crippen LogP contribution in [0.15, 0.2) is 42.0 Å². The third kappa shape index (κ3) is 2.93. The van der Waals surface area contributed by atoms with E-state index in [1.165, 1.54) is 0 Å². The molecule has 1 aliphatic rings. The topological polar surface area (TPSA) is 73.9 Å². The van der Waals surface area contributed by atoms with E-state index in [9.17, 15) is 15.3 Å². The highest BCUT2D eigenvalue weighted by molar-refractivity contribution is 5.90. The van der Waals surface area contributed by atoms with Gasteiger partial charge in [0.2, 0.25) is 0 Å². The van der Waals surface area contributed by atoms with Gasteiger partial charge in [-0.05, 0) is 24.8 Å². The molecule has 1 aromatic carbocycles. The van der Waals surface area contributed by atoms with Crippen molar-refractivity contribution < 1.29 is 9.53 Å². The third-order valence-corrected chi connectivity index (χ3v) is 4.70. The molecule has 0 bridgehead atoms. The van der Waals surface area contributed by atoms with Crippen molar-refractivity contribution in [1.29, 1.82) is 10.5 Å². The van der Waals surface area contributed by atoms with Crippen molar-refractivity contribution in [3.63, 3.8) is 0 Å². The van der Waals surface area contributed by atoms with Crippen LogP contribution in [0.5, 0.6) is 0 Å². The van der Waals surface area contributed by atoms with Crippen molar-refractivity contribution in [1.82, 2.24) is 0 Å². The smallest absolute Gasteiger partial charge is 0.334 e. The number of carbonyl (C=O) groups is 1. The minimum Gasteiger partial charge on any atom is -0.463 e. The summed E-state index contributed by atoms with van der Waals surface area (Å²) in [6.45, 7) is 5.90. The van der Waals surface area contributed by atoms with Gasteiger partial charge in [0.1, 0.15) is 0 Å². The SMILES string of the molecule is CCOC(=O)C1=CCC(c2ccccc2)C(C#N)(C#N)C1C(C)C. The van der Waals surface area contributed by atoms with E-state index in [-0.39, 0.29) is 18.4 Å². The Labute approximate surface area is 143 Å². The summed E-state index contributed by atoms with van der Waals surface area (Å²) >= 11 is 0. The van der Waals surface area contributed by atoms with Gasteiger partial charge in [-0.3, -0.25) is 0 Å². The van der Waals surface area contributed by atoms with Crippen LogP contribution in [0.2, 0.25) is 0 Å². The molecule has 2 rings (SSSR count). The van der Waals surface area contributed by atoms with E-state index in [2.05, 4.69) is 12.1 Å². The summed E-state index contributed by atoms with van der Waals surface area (Å²) < 4.78 is 5.16. The van der Waals surface area contributed by atoms with Gasteiger partial charge < -0.3 is 4.74 Å². The first kappa shape index (κ1) is 17.8. The van der Waals surface area contributed by atoms with Crippen LogP contribution in [0, 0.1) is 39.9 Å². The molecule has 2 unspecified atom stereocenters. The fraction of sp³-hybridized carbons (Fsp3) is 0.450. The van der Waals surface area contributed by atoms with E-state index >= 15 is 0 Å². The Morgan fingerprint density at radius 2 is 1.92 bits per heavy atom. The van der Waals surface area contributed by atoms with E-state index in [1.54, 1.807) is 6.92 Å². The van der Waals surface area contributed by atoms with E-state index in [4.69, 9.17) is 4.74 Å². The van der Waals surface area contributed by atoms with Crippen molar-refractivity contribution in [3.8, 4) is 12.1 Å². The van der Waals surface area contributed by atoms with Gasteiger partial charge in [0, 0.05) is 17.4 Å². The Hall–Kier alpha value is -2.59. The molecule has 124 valence electrons. The first-order chi connectivity index (χ1) is 11.5. The van der Waals surface area contributed by atoms with E-state index < -0.39 is 17.3 Å². The lowest BCUT2D eigenvalue weighted by molar-refractivity contribution is -0.140. The number of allylic oxidation sites excluding steroid dienone is 1. The zero-order valence-corrected chi connectivity index (χ0v) is 14.3. The predicted molar refractivity (Wildman–Crippen MR) is 90.5 cm³/mol. The van der Waals surface area contributed by atoms with Crippen LogP contribution >= 0.6 is 0 Å². The van der Waals surface area contributed by atoms with E-state index in [0.717, 1.165) is 5.56 Å². The van der Waals surface area contributed by atoms with Crippen LogP contribution in [-0.2, 0) is 9.53 Å². The Kier molecular flexibility index (Phi) is 5.42. The second-order valence-electron chi connectivity index (χ2n) is 6.39. The molecule has 2 atom stereocenters. The molecule has 1 aliphatic carbocycles. The van der Waals surface area contributed by atoms with Gasteiger partial charge in [-0.2, -0.15) is 10.5 Å². The highest BCUT2D eigenvalue weighted by Gasteiger charge is 2.53. The molecule has 0 fully saturated rings.